The number of phenols is 2. The lowest BCUT2D eigenvalue weighted by Crippen LogP contribution is -2.62. The fourth-order valence-corrected chi connectivity index (χ4v) is 5.25. The Balaban J connectivity index is 1.45. The molecule has 0 radical (unpaired) electrons. The lowest BCUT2D eigenvalue weighted by Gasteiger charge is -2.42. The molecule has 0 saturated carbocycles. The first-order valence-electron chi connectivity index (χ1n) is 14.1. The van der Waals surface area contributed by atoms with Gasteiger partial charge in [-0.3, -0.25) is 4.79 Å². The van der Waals surface area contributed by atoms with Crippen molar-refractivity contribution in [2.24, 2.45) is 0 Å². The average Bonchev–Trinajstić information content (AvgIpc) is 3.06. The molecule has 2 aliphatic heterocycles. The topological polar surface area (TPSA) is 288 Å². The summed E-state index contributed by atoms with van der Waals surface area (Å²) in [7, 11) is 2.40. The van der Waals surface area contributed by atoms with Crippen LogP contribution in [0.2, 0.25) is 0 Å². The third-order valence-electron chi connectivity index (χ3n) is 7.88. The first-order chi connectivity index (χ1) is 22.3. The van der Waals surface area contributed by atoms with Gasteiger partial charge in [-0.1, -0.05) is 0 Å². The Hall–Kier alpha value is -3.95. The Morgan fingerprint density at radius 1 is 0.745 bits per heavy atom. The lowest BCUT2D eigenvalue weighted by molar-refractivity contribution is -0.323. The molecule has 10 atom stereocenters. The summed E-state index contributed by atoms with van der Waals surface area (Å²) in [4.78, 5) is 13.2. The van der Waals surface area contributed by atoms with Gasteiger partial charge in [-0.15, -0.1) is 0 Å². The van der Waals surface area contributed by atoms with E-state index in [0.717, 1.165) is 13.2 Å². The zero-order chi connectivity index (χ0) is 34.3. The number of aliphatic hydroxyl groups excluding tert-OH is 7. The van der Waals surface area contributed by atoms with Crippen LogP contribution in [-0.2, 0) is 14.2 Å². The number of aromatic hydroxyl groups is 3. The van der Waals surface area contributed by atoms with Crippen molar-refractivity contribution in [2.45, 2.75) is 61.4 Å². The van der Waals surface area contributed by atoms with Crippen molar-refractivity contribution in [3.05, 3.63) is 34.5 Å². The van der Waals surface area contributed by atoms with Crippen molar-refractivity contribution in [2.75, 3.05) is 27.4 Å². The summed E-state index contributed by atoms with van der Waals surface area (Å²) in [5, 5.41) is 102. The highest BCUT2D eigenvalue weighted by molar-refractivity contribution is 5.91. The normalized spacial score (nSPS) is 31.1. The van der Waals surface area contributed by atoms with E-state index in [4.69, 9.17) is 32.8 Å². The molecule has 2 aliphatic rings. The van der Waals surface area contributed by atoms with Crippen molar-refractivity contribution in [3.8, 4) is 45.8 Å². The van der Waals surface area contributed by atoms with Gasteiger partial charge in [0.05, 0.1) is 27.4 Å². The molecule has 1 aromatic heterocycles. The average molecular weight is 671 g/mol. The van der Waals surface area contributed by atoms with Crippen molar-refractivity contribution >= 4 is 11.0 Å². The molecule has 258 valence electrons. The van der Waals surface area contributed by atoms with Crippen LogP contribution < -0.4 is 19.6 Å². The van der Waals surface area contributed by atoms with E-state index in [-0.39, 0.29) is 34.2 Å². The zero-order valence-electron chi connectivity index (χ0n) is 24.7. The number of methoxy groups -OCH3 is 2. The van der Waals surface area contributed by atoms with Crippen LogP contribution >= 0.6 is 0 Å². The Morgan fingerprint density at radius 3 is 2.02 bits per heavy atom. The van der Waals surface area contributed by atoms with E-state index >= 15 is 0 Å². The molecule has 18 nitrogen and oxygen atoms in total. The predicted octanol–water partition coefficient (Wildman–Crippen LogP) is -2.40. The van der Waals surface area contributed by atoms with Crippen molar-refractivity contribution in [3.63, 3.8) is 0 Å². The van der Waals surface area contributed by atoms with Gasteiger partial charge in [0, 0.05) is 11.6 Å². The zero-order valence-corrected chi connectivity index (χ0v) is 24.7. The van der Waals surface area contributed by atoms with E-state index in [2.05, 4.69) is 0 Å². The number of benzene rings is 2. The molecule has 5 rings (SSSR count). The maximum absolute atomic E-state index is 13.2. The smallest absolute Gasteiger partial charge is 0.238 e. The van der Waals surface area contributed by atoms with Gasteiger partial charge in [-0.25, -0.2) is 0 Å². The van der Waals surface area contributed by atoms with Crippen molar-refractivity contribution in [1.29, 1.82) is 0 Å². The Labute approximate surface area is 264 Å². The summed E-state index contributed by atoms with van der Waals surface area (Å²) in [5.74, 6) is -3.16. The molecule has 2 fully saturated rings. The molecule has 2 saturated heterocycles. The molecule has 0 bridgehead atoms. The summed E-state index contributed by atoms with van der Waals surface area (Å²) in [6, 6.07) is 4.92. The fraction of sp³-hybridized carbons (Fsp3) is 0.483. The van der Waals surface area contributed by atoms with Gasteiger partial charge in [-0.2, -0.15) is 0 Å². The van der Waals surface area contributed by atoms with Crippen LogP contribution in [0.5, 0.6) is 34.5 Å². The molecule has 0 unspecified atom stereocenters. The third-order valence-corrected chi connectivity index (χ3v) is 7.88. The van der Waals surface area contributed by atoms with E-state index in [1.165, 1.54) is 25.3 Å². The number of ether oxygens (including phenoxy) is 6. The molecule has 47 heavy (non-hydrogen) atoms. The minimum absolute atomic E-state index is 0.000466. The summed E-state index contributed by atoms with van der Waals surface area (Å²) in [6.07, 6.45) is -16.9. The van der Waals surface area contributed by atoms with Gasteiger partial charge in [0.1, 0.15) is 59.8 Å². The van der Waals surface area contributed by atoms with Crippen LogP contribution in [-0.4, -0.2) is 140 Å². The van der Waals surface area contributed by atoms with Crippen LogP contribution in [0.4, 0.5) is 0 Å². The standard InChI is InChI=1S/C29H34O18/c1-41-11-5-9(3-4-10(11)31)26-23(38)19(34)16-12(44-26)6-13(27(42-2)20(16)35)45-29-25(40)22(37)18(33)15(47-29)8-43-28-24(39)21(36)17(32)14(7-30)46-28/h3-6,14-15,17-18,21-22,24-25,28-33,35-40H,7-8H2,1-2H3/t14-,15-,17-,18-,21+,22+,24-,25-,28-,29-/m1/s1. The van der Waals surface area contributed by atoms with E-state index in [1.54, 1.807) is 0 Å². The molecule has 3 aromatic rings. The number of aliphatic hydroxyl groups is 7. The maximum atomic E-state index is 13.2. The van der Waals surface area contributed by atoms with Crippen LogP contribution in [0.3, 0.4) is 0 Å². The van der Waals surface area contributed by atoms with Crippen LogP contribution in [0.25, 0.3) is 22.3 Å². The van der Waals surface area contributed by atoms with Crippen LogP contribution in [0.1, 0.15) is 0 Å². The molecule has 0 aliphatic carbocycles. The summed E-state index contributed by atoms with van der Waals surface area (Å²) in [6.45, 7) is -1.36. The molecule has 2 aromatic carbocycles. The predicted molar refractivity (Wildman–Crippen MR) is 153 cm³/mol. The van der Waals surface area contributed by atoms with Gasteiger partial charge in [0.15, 0.2) is 35.0 Å². The first kappa shape index (κ1) is 34.4. The number of fused-ring (bicyclic) bond motifs is 1. The van der Waals surface area contributed by atoms with E-state index in [1.807, 2.05) is 0 Å². The van der Waals surface area contributed by atoms with Gasteiger partial charge >= 0.3 is 0 Å². The molecule has 0 amide bonds. The van der Waals surface area contributed by atoms with Gasteiger partial charge in [-0.05, 0) is 18.2 Å². The number of hydrogen-bond donors (Lipinski definition) is 10. The van der Waals surface area contributed by atoms with E-state index in [9.17, 15) is 55.9 Å². The Bertz CT molecular complexity index is 1640. The molecule has 0 spiro atoms. The highest BCUT2D eigenvalue weighted by Crippen LogP contribution is 2.45. The molecule has 10 N–H and O–H groups in total. The van der Waals surface area contributed by atoms with E-state index < -0.39 is 103 Å². The SMILES string of the molecule is COc1cc(-c2oc3cc(O[C@@H]4O[C@H](CO[C@@H]5O[C@H](CO)[C@@H](O)[C@H](O)[C@H]5O)[C@@H](O)[C@H](O)[C@H]4O)c(OC)c(O)c3c(=O)c2O)ccc1O. The summed E-state index contributed by atoms with van der Waals surface area (Å²) >= 11 is 0. The van der Waals surface area contributed by atoms with E-state index in [0.29, 0.717) is 0 Å². The Kier molecular flexibility index (Phi) is 9.99. The van der Waals surface area contributed by atoms with Crippen molar-refractivity contribution in [1.82, 2.24) is 0 Å². The summed E-state index contributed by atoms with van der Waals surface area (Å²) in [5.41, 5.74) is -1.29. The van der Waals surface area contributed by atoms with Gasteiger partial charge in [0.2, 0.25) is 23.2 Å². The minimum Gasteiger partial charge on any atom is -0.504 e. The minimum atomic E-state index is -1.91. The maximum Gasteiger partial charge on any atom is 0.238 e. The number of hydrogen-bond acceptors (Lipinski definition) is 18. The summed E-state index contributed by atoms with van der Waals surface area (Å²) < 4.78 is 38.0. The highest BCUT2D eigenvalue weighted by atomic mass is 16.7. The molecule has 18 heteroatoms. The second kappa shape index (κ2) is 13.6. The second-order valence-corrected chi connectivity index (χ2v) is 10.8. The number of rotatable bonds is 9. The molecule has 3 heterocycles. The fourth-order valence-electron chi connectivity index (χ4n) is 5.25. The second-order valence-electron chi connectivity index (χ2n) is 10.8. The highest BCUT2D eigenvalue weighted by Gasteiger charge is 2.48. The number of phenolic OH excluding ortho intramolecular Hbond substituents is 2. The lowest BCUT2D eigenvalue weighted by atomic mass is 9.98. The van der Waals surface area contributed by atoms with Crippen LogP contribution in [0, 0.1) is 0 Å². The quantitative estimate of drug-likeness (QED) is 0.113. The monoisotopic (exact) mass is 670 g/mol. The Morgan fingerprint density at radius 2 is 1.38 bits per heavy atom. The van der Waals surface area contributed by atoms with Crippen LogP contribution in [0.15, 0.2) is 33.5 Å². The third kappa shape index (κ3) is 6.23. The van der Waals surface area contributed by atoms with Gasteiger partial charge in [0.25, 0.3) is 0 Å². The first-order valence-corrected chi connectivity index (χ1v) is 14.1. The largest absolute Gasteiger partial charge is 0.504 e. The van der Waals surface area contributed by atoms with Crippen molar-refractivity contribution < 1.29 is 83.9 Å². The molecular formula is C29H34O18. The molecular weight excluding hydrogens is 636 g/mol. The van der Waals surface area contributed by atoms with Gasteiger partial charge < -0.3 is 83.9 Å².